The largest absolute Gasteiger partial charge is 0.465 e. The highest BCUT2D eigenvalue weighted by atomic mass is 19.1. The van der Waals surface area contributed by atoms with Gasteiger partial charge in [-0.25, -0.2) is 9.18 Å². The van der Waals surface area contributed by atoms with Crippen molar-refractivity contribution in [1.82, 2.24) is 10.3 Å². The molecule has 0 saturated heterocycles. The van der Waals surface area contributed by atoms with E-state index in [9.17, 15) is 9.18 Å². The Hall–Kier alpha value is -2.43. The van der Waals surface area contributed by atoms with Gasteiger partial charge in [0.2, 0.25) is 0 Å². The SMILES string of the molecule is CC(C)(NC(=O)O)c1ccc(F)c(-c2ccncc2)c1. The molecule has 0 aliphatic rings. The third-order valence-electron chi connectivity index (χ3n) is 3.10. The van der Waals surface area contributed by atoms with Gasteiger partial charge in [-0.15, -0.1) is 0 Å². The number of pyridine rings is 1. The van der Waals surface area contributed by atoms with Crippen LogP contribution in [0.2, 0.25) is 0 Å². The number of hydrogen-bond acceptors (Lipinski definition) is 2. The van der Waals surface area contributed by atoms with E-state index in [4.69, 9.17) is 5.11 Å². The Bertz CT molecular complexity index is 627. The van der Waals surface area contributed by atoms with Crippen LogP contribution in [0.25, 0.3) is 11.1 Å². The molecule has 1 aromatic heterocycles. The van der Waals surface area contributed by atoms with Crippen LogP contribution in [0.1, 0.15) is 19.4 Å². The van der Waals surface area contributed by atoms with E-state index in [0.717, 1.165) is 0 Å². The van der Waals surface area contributed by atoms with Gasteiger partial charge in [0, 0.05) is 18.0 Å². The van der Waals surface area contributed by atoms with Gasteiger partial charge >= 0.3 is 6.09 Å². The fourth-order valence-electron chi connectivity index (χ4n) is 2.01. The van der Waals surface area contributed by atoms with Crippen molar-refractivity contribution in [3.05, 3.63) is 54.1 Å². The van der Waals surface area contributed by atoms with Gasteiger partial charge in [0.25, 0.3) is 0 Å². The molecular weight excluding hydrogens is 259 g/mol. The monoisotopic (exact) mass is 274 g/mol. The predicted octanol–water partition coefficient (Wildman–Crippen LogP) is 3.39. The van der Waals surface area contributed by atoms with E-state index < -0.39 is 11.6 Å². The Morgan fingerprint density at radius 3 is 2.50 bits per heavy atom. The third-order valence-corrected chi connectivity index (χ3v) is 3.10. The number of aromatic nitrogens is 1. The van der Waals surface area contributed by atoms with Crippen LogP contribution in [0.15, 0.2) is 42.7 Å². The van der Waals surface area contributed by atoms with E-state index in [-0.39, 0.29) is 5.82 Å². The Morgan fingerprint density at radius 2 is 1.90 bits per heavy atom. The van der Waals surface area contributed by atoms with Crippen LogP contribution < -0.4 is 5.32 Å². The molecule has 1 heterocycles. The van der Waals surface area contributed by atoms with Gasteiger partial charge in [0.1, 0.15) is 5.82 Å². The molecule has 20 heavy (non-hydrogen) atoms. The molecule has 104 valence electrons. The molecule has 0 aliphatic heterocycles. The summed E-state index contributed by atoms with van der Waals surface area (Å²) in [5, 5.41) is 11.3. The molecule has 0 radical (unpaired) electrons. The van der Waals surface area contributed by atoms with E-state index in [0.29, 0.717) is 16.7 Å². The quantitative estimate of drug-likeness (QED) is 0.901. The molecule has 4 nitrogen and oxygen atoms in total. The molecular formula is C15H15FN2O2. The highest BCUT2D eigenvalue weighted by Gasteiger charge is 2.23. The molecule has 0 saturated carbocycles. The minimum atomic E-state index is -1.12. The number of benzene rings is 1. The minimum Gasteiger partial charge on any atom is -0.465 e. The molecule has 0 unspecified atom stereocenters. The van der Waals surface area contributed by atoms with Gasteiger partial charge in [-0.3, -0.25) is 4.98 Å². The zero-order valence-corrected chi connectivity index (χ0v) is 11.2. The van der Waals surface area contributed by atoms with Crippen molar-refractivity contribution in [1.29, 1.82) is 0 Å². The number of halogens is 1. The number of carboxylic acid groups (broad SMARTS) is 1. The van der Waals surface area contributed by atoms with Crippen LogP contribution in [0.3, 0.4) is 0 Å². The van der Waals surface area contributed by atoms with Crippen LogP contribution in [0.5, 0.6) is 0 Å². The summed E-state index contributed by atoms with van der Waals surface area (Å²) in [5.41, 5.74) is 1.00. The number of rotatable bonds is 3. The number of nitrogens with zero attached hydrogens (tertiary/aromatic N) is 1. The summed E-state index contributed by atoms with van der Waals surface area (Å²) in [6.45, 7) is 3.45. The van der Waals surface area contributed by atoms with Gasteiger partial charge in [-0.2, -0.15) is 0 Å². The molecule has 2 aromatic rings. The van der Waals surface area contributed by atoms with Crippen molar-refractivity contribution in [2.24, 2.45) is 0 Å². The summed E-state index contributed by atoms with van der Waals surface area (Å²) in [6, 6.07) is 7.99. The van der Waals surface area contributed by atoms with Crippen LogP contribution in [-0.2, 0) is 5.54 Å². The summed E-state index contributed by atoms with van der Waals surface area (Å²) >= 11 is 0. The maximum absolute atomic E-state index is 13.9. The van der Waals surface area contributed by atoms with E-state index in [2.05, 4.69) is 10.3 Å². The summed E-state index contributed by atoms with van der Waals surface area (Å²) in [4.78, 5) is 14.7. The first-order valence-electron chi connectivity index (χ1n) is 6.12. The topological polar surface area (TPSA) is 62.2 Å². The van der Waals surface area contributed by atoms with Crippen LogP contribution in [0.4, 0.5) is 9.18 Å². The van der Waals surface area contributed by atoms with Gasteiger partial charge in [0.15, 0.2) is 0 Å². The minimum absolute atomic E-state index is 0.355. The van der Waals surface area contributed by atoms with E-state index >= 15 is 0 Å². The normalized spacial score (nSPS) is 11.2. The van der Waals surface area contributed by atoms with Gasteiger partial charge in [-0.05, 0) is 49.2 Å². The lowest BCUT2D eigenvalue weighted by atomic mass is 9.91. The maximum Gasteiger partial charge on any atom is 0.405 e. The maximum atomic E-state index is 13.9. The molecule has 0 fully saturated rings. The fourth-order valence-corrected chi connectivity index (χ4v) is 2.01. The Balaban J connectivity index is 2.46. The molecule has 5 heteroatoms. The summed E-state index contributed by atoms with van der Waals surface area (Å²) in [6.07, 6.45) is 2.05. The molecule has 0 bridgehead atoms. The Morgan fingerprint density at radius 1 is 1.25 bits per heavy atom. The van der Waals surface area contributed by atoms with Crippen molar-refractivity contribution in [3.8, 4) is 11.1 Å². The Labute approximate surface area is 116 Å². The predicted molar refractivity (Wildman–Crippen MR) is 73.8 cm³/mol. The highest BCUT2D eigenvalue weighted by Crippen LogP contribution is 2.28. The van der Waals surface area contributed by atoms with Gasteiger partial charge in [-0.1, -0.05) is 6.07 Å². The Kier molecular flexibility index (Phi) is 3.70. The molecule has 0 atom stereocenters. The van der Waals surface area contributed by atoms with Crippen molar-refractivity contribution >= 4 is 6.09 Å². The molecule has 0 spiro atoms. The number of amides is 1. The van der Waals surface area contributed by atoms with E-state index in [1.807, 2.05) is 0 Å². The molecule has 1 amide bonds. The molecule has 0 aliphatic carbocycles. The lowest BCUT2D eigenvalue weighted by molar-refractivity contribution is 0.182. The molecule has 2 N–H and O–H groups in total. The van der Waals surface area contributed by atoms with Crippen LogP contribution in [0, 0.1) is 5.82 Å². The van der Waals surface area contributed by atoms with Crippen molar-refractivity contribution in [3.63, 3.8) is 0 Å². The summed E-state index contributed by atoms with van der Waals surface area (Å²) < 4.78 is 13.9. The summed E-state index contributed by atoms with van der Waals surface area (Å²) in [5.74, 6) is -0.355. The fraction of sp³-hybridized carbons (Fsp3) is 0.200. The summed E-state index contributed by atoms with van der Waals surface area (Å²) in [7, 11) is 0. The standard InChI is InChI=1S/C15H15FN2O2/c1-15(2,18-14(19)20)11-3-4-13(16)12(9-11)10-5-7-17-8-6-10/h3-9,18H,1-2H3,(H,19,20). The van der Waals surface area contributed by atoms with Gasteiger partial charge in [0.05, 0.1) is 5.54 Å². The molecule has 2 rings (SSSR count). The first-order valence-corrected chi connectivity index (χ1v) is 6.12. The van der Waals surface area contributed by atoms with Crippen LogP contribution in [-0.4, -0.2) is 16.2 Å². The second-order valence-electron chi connectivity index (χ2n) is 4.99. The molecule has 1 aromatic carbocycles. The first kappa shape index (κ1) is 14.0. The highest BCUT2D eigenvalue weighted by molar-refractivity contribution is 5.68. The lowest BCUT2D eigenvalue weighted by Gasteiger charge is -2.25. The zero-order valence-electron chi connectivity index (χ0n) is 11.2. The van der Waals surface area contributed by atoms with E-state index in [1.54, 1.807) is 50.5 Å². The second-order valence-corrected chi connectivity index (χ2v) is 4.99. The smallest absolute Gasteiger partial charge is 0.405 e. The van der Waals surface area contributed by atoms with Crippen molar-refractivity contribution < 1.29 is 14.3 Å². The van der Waals surface area contributed by atoms with Crippen molar-refractivity contribution in [2.45, 2.75) is 19.4 Å². The number of nitrogens with one attached hydrogen (secondary N) is 1. The first-order chi connectivity index (χ1) is 9.40. The average molecular weight is 274 g/mol. The zero-order chi connectivity index (χ0) is 14.8. The van der Waals surface area contributed by atoms with Crippen molar-refractivity contribution in [2.75, 3.05) is 0 Å². The second kappa shape index (κ2) is 5.28. The average Bonchev–Trinajstić information content (AvgIpc) is 2.38. The van der Waals surface area contributed by atoms with E-state index in [1.165, 1.54) is 6.07 Å². The van der Waals surface area contributed by atoms with Gasteiger partial charge < -0.3 is 10.4 Å². The van der Waals surface area contributed by atoms with Crippen LogP contribution >= 0.6 is 0 Å². The number of carbonyl (C=O) groups is 1. The third kappa shape index (κ3) is 2.93. The number of hydrogen-bond donors (Lipinski definition) is 2. The lowest BCUT2D eigenvalue weighted by Crippen LogP contribution is -2.40.